The number of anilines is 1. The standard InChI is InChI=1S/C22H27N3O4S2/c1-2-16-29-19-10-6-17(7-11-19)21(26)24-22(30)23-18-8-12-20(13-9-18)31(27,28)25-14-4-3-5-15-25/h6-13H,2-5,14-16H2,1H3,(H2,23,24,26,30). The summed E-state index contributed by atoms with van der Waals surface area (Å²) in [7, 11) is -3.48. The Labute approximate surface area is 188 Å². The molecule has 0 aliphatic carbocycles. The molecule has 1 fully saturated rings. The van der Waals surface area contributed by atoms with E-state index in [0.717, 1.165) is 25.7 Å². The topological polar surface area (TPSA) is 87.7 Å². The van der Waals surface area contributed by atoms with Crippen LogP contribution in [0.25, 0.3) is 0 Å². The van der Waals surface area contributed by atoms with E-state index in [1.165, 1.54) is 4.31 Å². The Morgan fingerprint density at radius 2 is 1.68 bits per heavy atom. The third-order valence-electron chi connectivity index (χ3n) is 4.88. The van der Waals surface area contributed by atoms with Crippen molar-refractivity contribution in [3.63, 3.8) is 0 Å². The lowest BCUT2D eigenvalue weighted by Gasteiger charge is -2.25. The maximum Gasteiger partial charge on any atom is 0.257 e. The number of carbonyl (C=O) groups is 1. The van der Waals surface area contributed by atoms with E-state index in [4.69, 9.17) is 17.0 Å². The van der Waals surface area contributed by atoms with Crippen LogP contribution in [0.2, 0.25) is 0 Å². The molecule has 1 aliphatic heterocycles. The highest BCUT2D eigenvalue weighted by Crippen LogP contribution is 2.22. The highest BCUT2D eigenvalue weighted by atomic mass is 32.2. The predicted molar refractivity (Wildman–Crippen MR) is 125 cm³/mol. The van der Waals surface area contributed by atoms with Crippen molar-refractivity contribution in [1.29, 1.82) is 0 Å². The first kappa shape index (κ1) is 23.2. The van der Waals surface area contributed by atoms with Gasteiger partial charge in [-0.1, -0.05) is 13.3 Å². The second kappa shape index (κ2) is 10.7. The molecule has 2 N–H and O–H groups in total. The van der Waals surface area contributed by atoms with Gasteiger partial charge >= 0.3 is 0 Å². The van der Waals surface area contributed by atoms with Crippen molar-refractivity contribution in [2.24, 2.45) is 0 Å². The molecule has 0 saturated carbocycles. The Balaban J connectivity index is 1.56. The molecule has 1 amide bonds. The quantitative estimate of drug-likeness (QED) is 0.610. The summed E-state index contributed by atoms with van der Waals surface area (Å²) in [4.78, 5) is 12.6. The number of nitrogens with one attached hydrogen (secondary N) is 2. The van der Waals surface area contributed by atoms with E-state index in [1.54, 1.807) is 48.5 Å². The molecule has 7 nitrogen and oxygen atoms in total. The van der Waals surface area contributed by atoms with Crippen LogP contribution in [0.4, 0.5) is 5.69 Å². The first-order valence-electron chi connectivity index (χ1n) is 10.4. The summed E-state index contributed by atoms with van der Waals surface area (Å²) in [5.74, 6) is 0.363. The lowest BCUT2D eigenvalue weighted by Crippen LogP contribution is -2.35. The van der Waals surface area contributed by atoms with Gasteiger partial charge in [-0.3, -0.25) is 10.1 Å². The van der Waals surface area contributed by atoms with Gasteiger partial charge in [-0.05, 0) is 80.0 Å². The Kier molecular flexibility index (Phi) is 8.00. The summed E-state index contributed by atoms with van der Waals surface area (Å²) in [5.41, 5.74) is 1.04. The van der Waals surface area contributed by atoms with Crippen molar-refractivity contribution in [3.8, 4) is 5.75 Å². The van der Waals surface area contributed by atoms with Gasteiger partial charge < -0.3 is 10.1 Å². The summed E-state index contributed by atoms with van der Waals surface area (Å²) >= 11 is 5.21. The van der Waals surface area contributed by atoms with Crippen LogP contribution in [-0.4, -0.2) is 43.4 Å². The molecule has 1 saturated heterocycles. The van der Waals surface area contributed by atoms with Gasteiger partial charge in [0.2, 0.25) is 10.0 Å². The number of ether oxygens (including phenoxy) is 1. The Morgan fingerprint density at radius 3 is 2.29 bits per heavy atom. The van der Waals surface area contributed by atoms with E-state index >= 15 is 0 Å². The zero-order chi connectivity index (χ0) is 22.3. The number of nitrogens with zero attached hydrogens (tertiary/aromatic N) is 1. The van der Waals surface area contributed by atoms with Crippen molar-refractivity contribution >= 4 is 38.9 Å². The SMILES string of the molecule is CCCOc1ccc(C(=O)NC(=S)Nc2ccc(S(=O)(=O)N3CCCCC3)cc2)cc1. The summed E-state index contributed by atoms with van der Waals surface area (Å²) in [6, 6.07) is 13.2. The second-order valence-corrected chi connectivity index (χ2v) is 9.62. The third-order valence-corrected chi connectivity index (χ3v) is 7.00. The van der Waals surface area contributed by atoms with E-state index in [2.05, 4.69) is 10.6 Å². The summed E-state index contributed by atoms with van der Waals surface area (Å²) < 4.78 is 32.5. The highest BCUT2D eigenvalue weighted by Gasteiger charge is 2.25. The Hall–Kier alpha value is -2.49. The van der Waals surface area contributed by atoms with E-state index in [-0.39, 0.29) is 15.9 Å². The minimum Gasteiger partial charge on any atom is -0.494 e. The van der Waals surface area contributed by atoms with Crippen molar-refractivity contribution < 1.29 is 17.9 Å². The number of thiocarbonyl (C=S) groups is 1. The highest BCUT2D eigenvalue weighted by molar-refractivity contribution is 7.89. The molecule has 0 atom stereocenters. The largest absolute Gasteiger partial charge is 0.494 e. The fourth-order valence-corrected chi connectivity index (χ4v) is 4.95. The molecule has 2 aromatic carbocycles. The number of carbonyl (C=O) groups excluding carboxylic acids is 1. The molecule has 9 heteroatoms. The normalized spacial score (nSPS) is 14.6. The van der Waals surface area contributed by atoms with Crippen molar-refractivity contribution in [1.82, 2.24) is 9.62 Å². The first-order chi connectivity index (χ1) is 14.9. The van der Waals surface area contributed by atoms with Crippen LogP contribution in [0.15, 0.2) is 53.4 Å². The predicted octanol–water partition coefficient (Wildman–Crippen LogP) is 3.78. The van der Waals surface area contributed by atoms with E-state index in [0.29, 0.717) is 36.7 Å². The van der Waals surface area contributed by atoms with Crippen molar-refractivity contribution in [2.75, 3.05) is 25.0 Å². The van der Waals surface area contributed by atoms with Gasteiger partial charge in [0.25, 0.3) is 5.91 Å². The average molecular weight is 462 g/mol. The van der Waals surface area contributed by atoms with Gasteiger partial charge in [0.1, 0.15) is 5.75 Å². The minimum atomic E-state index is -3.48. The molecule has 0 bridgehead atoms. The van der Waals surface area contributed by atoms with Gasteiger partial charge in [0.15, 0.2) is 5.11 Å². The van der Waals surface area contributed by atoms with Gasteiger partial charge in [0.05, 0.1) is 11.5 Å². The van der Waals surface area contributed by atoms with Crippen LogP contribution in [0, 0.1) is 0 Å². The van der Waals surface area contributed by atoms with Gasteiger partial charge in [0, 0.05) is 24.3 Å². The van der Waals surface area contributed by atoms with E-state index in [9.17, 15) is 13.2 Å². The number of rotatable bonds is 7. The lowest BCUT2D eigenvalue weighted by molar-refractivity contribution is 0.0977. The number of hydrogen-bond acceptors (Lipinski definition) is 5. The van der Waals surface area contributed by atoms with Crippen LogP contribution >= 0.6 is 12.2 Å². The van der Waals surface area contributed by atoms with Gasteiger partial charge in [-0.15, -0.1) is 0 Å². The lowest BCUT2D eigenvalue weighted by atomic mass is 10.2. The molecule has 166 valence electrons. The summed E-state index contributed by atoms with van der Waals surface area (Å²) in [6.45, 7) is 3.77. The molecule has 2 aromatic rings. The molecular weight excluding hydrogens is 434 g/mol. The molecule has 1 heterocycles. The molecule has 1 aliphatic rings. The summed E-state index contributed by atoms with van der Waals surface area (Å²) in [6.07, 6.45) is 3.75. The number of amides is 1. The smallest absolute Gasteiger partial charge is 0.257 e. The molecule has 0 spiro atoms. The fraction of sp³-hybridized carbons (Fsp3) is 0.364. The first-order valence-corrected chi connectivity index (χ1v) is 12.2. The molecular formula is C22H27N3O4S2. The van der Waals surface area contributed by atoms with Crippen LogP contribution in [0.5, 0.6) is 5.75 Å². The summed E-state index contributed by atoms with van der Waals surface area (Å²) in [5, 5.41) is 5.65. The molecule has 0 radical (unpaired) electrons. The molecule has 31 heavy (non-hydrogen) atoms. The van der Waals surface area contributed by atoms with Crippen molar-refractivity contribution in [2.45, 2.75) is 37.5 Å². The average Bonchev–Trinajstić information content (AvgIpc) is 2.79. The monoisotopic (exact) mass is 461 g/mol. The number of piperidine rings is 1. The molecule has 0 unspecified atom stereocenters. The Bertz CT molecular complexity index is 1000. The fourth-order valence-electron chi connectivity index (χ4n) is 3.22. The molecule has 0 aromatic heterocycles. The maximum atomic E-state index is 12.7. The van der Waals surface area contributed by atoms with Crippen LogP contribution in [0.1, 0.15) is 43.0 Å². The van der Waals surface area contributed by atoms with Gasteiger partial charge in [-0.25, -0.2) is 8.42 Å². The number of hydrogen-bond donors (Lipinski definition) is 2. The van der Waals surface area contributed by atoms with E-state index in [1.807, 2.05) is 6.92 Å². The van der Waals surface area contributed by atoms with Crippen LogP contribution in [0.3, 0.4) is 0 Å². The molecule has 3 rings (SSSR count). The zero-order valence-electron chi connectivity index (χ0n) is 17.5. The van der Waals surface area contributed by atoms with Crippen LogP contribution in [-0.2, 0) is 10.0 Å². The van der Waals surface area contributed by atoms with Gasteiger partial charge in [-0.2, -0.15) is 4.31 Å². The van der Waals surface area contributed by atoms with Crippen molar-refractivity contribution in [3.05, 3.63) is 54.1 Å². The maximum absolute atomic E-state index is 12.7. The third kappa shape index (κ3) is 6.25. The minimum absolute atomic E-state index is 0.128. The number of benzene rings is 2. The van der Waals surface area contributed by atoms with Crippen LogP contribution < -0.4 is 15.4 Å². The number of sulfonamides is 1. The van der Waals surface area contributed by atoms with E-state index < -0.39 is 10.0 Å². The second-order valence-electron chi connectivity index (χ2n) is 7.27. The Morgan fingerprint density at radius 1 is 1.03 bits per heavy atom. The zero-order valence-corrected chi connectivity index (χ0v) is 19.1.